The zero-order valence-corrected chi connectivity index (χ0v) is 18.9. The first-order chi connectivity index (χ1) is 14.1. The molecule has 11 heteroatoms. The summed E-state index contributed by atoms with van der Waals surface area (Å²) in [6, 6.07) is 6.28. The summed E-state index contributed by atoms with van der Waals surface area (Å²) in [4.78, 5) is 13.9. The number of hydrogen-bond donors (Lipinski definition) is 1. The van der Waals surface area contributed by atoms with Gasteiger partial charge in [0.15, 0.2) is 0 Å². The fourth-order valence-corrected chi connectivity index (χ4v) is 5.18. The van der Waals surface area contributed by atoms with Gasteiger partial charge in [-0.15, -0.1) is 0 Å². The Kier molecular flexibility index (Phi) is 8.56. The summed E-state index contributed by atoms with van der Waals surface area (Å²) < 4.78 is 57.4. The minimum absolute atomic E-state index is 0.0768. The van der Waals surface area contributed by atoms with E-state index >= 15 is 0 Å². The van der Waals surface area contributed by atoms with Gasteiger partial charge in [-0.2, -0.15) is 4.31 Å². The van der Waals surface area contributed by atoms with E-state index in [4.69, 9.17) is 4.74 Å². The number of rotatable bonds is 11. The molecular formula is C19H29N3O6S2. The number of amides is 1. The van der Waals surface area contributed by atoms with Crippen molar-refractivity contribution in [3.05, 3.63) is 41.8 Å². The molecule has 0 bridgehead atoms. The van der Waals surface area contributed by atoms with Crippen molar-refractivity contribution >= 4 is 26.0 Å². The molecule has 0 radical (unpaired) electrons. The Labute approximate surface area is 178 Å². The van der Waals surface area contributed by atoms with E-state index in [0.717, 1.165) is 11.0 Å². The fourth-order valence-electron chi connectivity index (χ4n) is 3.07. The van der Waals surface area contributed by atoms with Crippen LogP contribution >= 0.6 is 0 Å². The van der Waals surface area contributed by atoms with E-state index < -0.39 is 20.0 Å². The normalized spacial score (nSPS) is 17.7. The highest BCUT2D eigenvalue weighted by molar-refractivity contribution is 7.92. The lowest BCUT2D eigenvalue weighted by atomic mass is 10.1. The predicted molar refractivity (Wildman–Crippen MR) is 114 cm³/mol. The van der Waals surface area contributed by atoms with Gasteiger partial charge in [0.2, 0.25) is 26.0 Å². The van der Waals surface area contributed by atoms with E-state index in [-0.39, 0.29) is 36.2 Å². The molecule has 1 N–H and O–H groups in total. The Morgan fingerprint density at radius 2 is 1.97 bits per heavy atom. The van der Waals surface area contributed by atoms with E-state index in [0.29, 0.717) is 26.1 Å². The van der Waals surface area contributed by atoms with Crippen LogP contribution in [-0.4, -0.2) is 78.9 Å². The van der Waals surface area contributed by atoms with Crippen molar-refractivity contribution in [2.75, 3.05) is 46.9 Å². The van der Waals surface area contributed by atoms with Crippen LogP contribution < -0.4 is 4.72 Å². The Balaban J connectivity index is 1.97. The highest BCUT2D eigenvalue weighted by atomic mass is 32.2. The minimum atomic E-state index is -3.68. The van der Waals surface area contributed by atoms with E-state index in [9.17, 15) is 21.6 Å². The number of methoxy groups -OCH3 is 1. The number of likely N-dealkylation sites (N-methyl/N-ethyl adjacent to an activating group) is 1. The molecule has 0 saturated carbocycles. The quantitative estimate of drug-likeness (QED) is 0.513. The fraction of sp³-hybridized carbons (Fsp3) is 0.526. The summed E-state index contributed by atoms with van der Waals surface area (Å²) in [5, 5.41) is 0.831. The average molecular weight is 460 g/mol. The first-order valence-electron chi connectivity index (χ1n) is 9.53. The molecule has 1 aliphatic rings. The van der Waals surface area contributed by atoms with Gasteiger partial charge in [0.05, 0.1) is 17.9 Å². The van der Waals surface area contributed by atoms with Crippen LogP contribution in [0.4, 0.5) is 0 Å². The molecule has 1 atom stereocenters. The summed E-state index contributed by atoms with van der Waals surface area (Å²) in [6.07, 6.45) is 0.745. The Hall–Kier alpha value is -1.79. The minimum Gasteiger partial charge on any atom is -0.383 e. The number of nitrogens with zero attached hydrogens (tertiary/aromatic N) is 2. The van der Waals surface area contributed by atoms with Crippen LogP contribution in [0.25, 0.3) is 0 Å². The van der Waals surface area contributed by atoms with Crippen molar-refractivity contribution in [3.63, 3.8) is 0 Å². The summed E-state index contributed by atoms with van der Waals surface area (Å²) in [5.74, 6) is -0.180. The maximum atomic E-state index is 12.9. The van der Waals surface area contributed by atoms with E-state index in [1.165, 1.54) is 16.4 Å². The molecule has 168 valence electrons. The lowest BCUT2D eigenvalue weighted by Crippen LogP contribution is -2.32. The van der Waals surface area contributed by atoms with Crippen molar-refractivity contribution in [1.29, 1.82) is 0 Å². The van der Waals surface area contributed by atoms with Crippen molar-refractivity contribution < 1.29 is 26.4 Å². The molecule has 0 aliphatic carbocycles. The van der Waals surface area contributed by atoms with Gasteiger partial charge in [-0.25, -0.2) is 21.6 Å². The Morgan fingerprint density at radius 1 is 1.30 bits per heavy atom. The molecule has 1 aliphatic heterocycles. The zero-order chi connectivity index (χ0) is 22.4. The van der Waals surface area contributed by atoms with Crippen molar-refractivity contribution in [2.24, 2.45) is 5.92 Å². The number of ether oxygens (including phenoxy) is 1. The number of carbonyl (C=O) groups excluding carboxylic acids is 1. The second-order valence-corrected chi connectivity index (χ2v) is 10.9. The third kappa shape index (κ3) is 6.61. The van der Waals surface area contributed by atoms with Gasteiger partial charge >= 0.3 is 0 Å². The van der Waals surface area contributed by atoms with Crippen molar-refractivity contribution in [1.82, 2.24) is 13.9 Å². The molecule has 1 aromatic rings. The van der Waals surface area contributed by atoms with Crippen molar-refractivity contribution in [3.8, 4) is 0 Å². The molecule has 9 nitrogen and oxygen atoms in total. The maximum absolute atomic E-state index is 12.9. The van der Waals surface area contributed by atoms with Gasteiger partial charge in [-0.05, 0) is 30.0 Å². The first-order valence-corrected chi connectivity index (χ1v) is 12.5. The molecule has 1 aromatic carbocycles. The molecule has 0 unspecified atom stereocenters. The van der Waals surface area contributed by atoms with Crippen LogP contribution in [-0.2, 0) is 36.0 Å². The van der Waals surface area contributed by atoms with E-state index in [1.807, 2.05) is 0 Å². The third-order valence-electron chi connectivity index (χ3n) is 5.01. The molecule has 30 heavy (non-hydrogen) atoms. The molecule has 1 heterocycles. The van der Waals surface area contributed by atoms with Crippen LogP contribution in [0.2, 0.25) is 0 Å². The van der Waals surface area contributed by atoms with Crippen LogP contribution in [0.3, 0.4) is 0 Å². The van der Waals surface area contributed by atoms with Gasteiger partial charge in [0, 0.05) is 45.7 Å². The first kappa shape index (κ1) is 24.5. The maximum Gasteiger partial charge on any atom is 0.243 e. The zero-order valence-electron chi connectivity index (χ0n) is 17.3. The number of carbonyl (C=O) groups is 1. The number of benzene rings is 1. The smallest absolute Gasteiger partial charge is 0.243 e. The number of hydrogen-bond acceptors (Lipinski definition) is 6. The second kappa shape index (κ2) is 10.5. The Morgan fingerprint density at radius 3 is 2.57 bits per heavy atom. The Bertz CT molecular complexity index is 945. The van der Waals surface area contributed by atoms with E-state index in [2.05, 4.69) is 11.3 Å². The second-order valence-electron chi connectivity index (χ2n) is 7.21. The summed E-state index contributed by atoms with van der Waals surface area (Å²) >= 11 is 0. The van der Waals surface area contributed by atoms with Gasteiger partial charge in [0.1, 0.15) is 0 Å². The molecule has 1 amide bonds. The third-order valence-corrected chi connectivity index (χ3v) is 7.90. The summed E-state index contributed by atoms with van der Waals surface area (Å²) in [7, 11) is -3.95. The van der Waals surface area contributed by atoms with Gasteiger partial charge in [-0.1, -0.05) is 18.7 Å². The van der Waals surface area contributed by atoms with Crippen LogP contribution in [0.1, 0.15) is 12.0 Å². The number of nitrogens with one attached hydrogen (secondary N) is 1. The standard InChI is InChI=1S/C19H29N3O6S2/c1-4-29(24,25)20-14-17-9-10-22(15-17)30(26,27)18-7-5-16(6-8-18)13-19(23)21(2)11-12-28-3/h4-8,17,20H,1,9-15H2,2-3H3/t17-/m1/s1. The van der Waals surface area contributed by atoms with Gasteiger partial charge < -0.3 is 9.64 Å². The molecule has 0 spiro atoms. The molecule has 1 fully saturated rings. The molecule has 1 saturated heterocycles. The summed E-state index contributed by atoms with van der Waals surface area (Å²) in [5.41, 5.74) is 0.723. The molecule has 2 rings (SSSR count). The molecule has 0 aromatic heterocycles. The highest BCUT2D eigenvalue weighted by Gasteiger charge is 2.32. The highest BCUT2D eigenvalue weighted by Crippen LogP contribution is 2.24. The van der Waals surface area contributed by atoms with Crippen LogP contribution in [0.15, 0.2) is 41.1 Å². The van der Waals surface area contributed by atoms with E-state index in [1.54, 1.807) is 31.2 Å². The SMILES string of the molecule is C=CS(=O)(=O)NC[C@H]1CCN(S(=O)(=O)c2ccc(CC(=O)N(C)CCOC)cc2)C1. The average Bonchev–Trinajstić information content (AvgIpc) is 3.21. The lowest BCUT2D eigenvalue weighted by Gasteiger charge is -2.18. The predicted octanol–water partition coefficient (Wildman–Crippen LogP) is 0.407. The van der Waals surface area contributed by atoms with Gasteiger partial charge in [-0.3, -0.25) is 4.79 Å². The lowest BCUT2D eigenvalue weighted by molar-refractivity contribution is -0.129. The van der Waals surface area contributed by atoms with Crippen LogP contribution in [0.5, 0.6) is 0 Å². The monoisotopic (exact) mass is 459 g/mol. The van der Waals surface area contributed by atoms with Crippen molar-refractivity contribution in [2.45, 2.75) is 17.7 Å². The number of sulfonamides is 2. The largest absolute Gasteiger partial charge is 0.383 e. The topological polar surface area (TPSA) is 113 Å². The molecular weight excluding hydrogens is 430 g/mol. The van der Waals surface area contributed by atoms with Gasteiger partial charge in [0.25, 0.3) is 0 Å². The summed E-state index contributed by atoms with van der Waals surface area (Å²) in [6.45, 7) is 4.90. The van der Waals surface area contributed by atoms with Crippen LogP contribution in [0, 0.1) is 5.92 Å².